The van der Waals surface area contributed by atoms with Gasteiger partial charge >= 0.3 is 5.97 Å². The van der Waals surface area contributed by atoms with Crippen molar-refractivity contribution in [2.45, 2.75) is 108 Å². The van der Waals surface area contributed by atoms with E-state index in [9.17, 15) is 14.7 Å². The van der Waals surface area contributed by atoms with E-state index in [1.807, 2.05) is 30.5 Å². The van der Waals surface area contributed by atoms with Crippen LogP contribution in [0.15, 0.2) is 30.5 Å². The molecule has 1 aromatic carbocycles. The van der Waals surface area contributed by atoms with Gasteiger partial charge in [-0.15, -0.1) is 0 Å². The number of aliphatic carboxylic acids is 1. The molecule has 3 heterocycles. The van der Waals surface area contributed by atoms with Crippen molar-refractivity contribution >= 4 is 22.7 Å². The monoisotopic (exact) mass is 436 g/mol. The zero-order valence-electron chi connectivity index (χ0n) is 19.0. The summed E-state index contributed by atoms with van der Waals surface area (Å²) in [5.74, 6) is -2.18. The summed E-state index contributed by atoms with van der Waals surface area (Å²) in [6, 6.07) is 10.1. The number of carbonyl (C=O) groups excluding carboxylic acids is 1. The largest absolute Gasteiger partial charge is 0.475 e. The highest BCUT2D eigenvalue weighted by Crippen LogP contribution is 2.45. The standard InChI is InChI=1S/C27H36N2O3/c30-26(27(31)32)24-18-28(25-13-9-8-12-23(24)25)22-16-20-14-15-21(17-22)29(20)19-10-6-4-2-1-3-5-7-11-19/h8-9,12-13,18-22H,1-7,10-11,14-17H2,(H,31,32)/t20-,21?,22?/m1/s1. The van der Waals surface area contributed by atoms with Crippen molar-refractivity contribution in [2.24, 2.45) is 0 Å². The minimum atomic E-state index is -1.38. The molecule has 3 atom stereocenters. The summed E-state index contributed by atoms with van der Waals surface area (Å²) >= 11 is 0. The van der Waals surface area contributed by atoms with E-state index in [0.29, 0.717) is 23.7 Å². The van der Waals surface area contributed by atoms with E-state index in [1.165, 1.54) is 70.6 Å². The summed E-state index contributed by atoms with van der Waals surface area (Å²) in [4.78, 5) is 26.6. The van der Waals surface area contributed by atoms with Gasteiger partial charge in [-0.3, -0.25) is 9.69 Å². The highest BCUT2D eigenvalue weighted by Gasteiger charge is 2.44. The summed E-state index contributed by atoms with van der Waals surface area (Å²) in [5.41, 5.74) is 1.32. The maximum atomic E-state index is 12.3. The molecule has 3 fully saturated rings. The smallest absolute Gasteiger partial charge is 0.377 e. The predicted octanol–water partition coefficient (Wildman–Crippen LogP) is 5.97. The number of piperidine rings is 1. The third-order valence-corrected chi connectivity index (χ3v) is 8.33. The number of fused-ring (bicyclic) bond motifs is 3. The van der Waals surface area contributed by atoms with Crippen LogP contribution < -0.4 is 0 Å². The molecule has 1 aromatic heterocycles. The first kappa shape index (κ1) is 21.7. The van der Waals surface area contributed by atoms with E-state index in [2.05, 4.69) is 9.47 Å². The number of Topliss-reactive ketones (excluding diaryl/α,β-unsaturated/α-hetero) is 1. The molecular weight excluding hydrogens is 400 g/mol. The molecule has 2 saturated heterocycles. The Hall–Kier alpha value is -2.14. The quantitative estimate of drug-likeness (QED) is 0.474. The zero-order valence-corrected chi connectivity index (χ0v) is 19.0. The first-order valence-corrected chi connectivity index (χ1v) is 12.8. The Balaban J connectivity index is 1.38. The van der Waals surface area contributed by atoms with Gasteiger partial charge in [0.1, 0.15) is 0 Å². The van der Waals surface area contributed by atoms with Gasteiger partial charge in [-0.05, 0) is 44.6 Å². The molecule has 3 aliphatic rings. The van der Waals surface area contributed by atoms with Crippen molar-refractivity contribution in [1.29, 1.82) is 0 Å². The maximum Gasteiger partial charge on any atom is 0.377 e. The third-order valence-electron chi connectivity index (χ3n) is 8.33. The predicted molar refractivity (Wildman–Crippen MR) is 126 cm³/mol. The van der Waals surface area contributed by atoms with Crippen LogP contribution >= 0.6 is 0 Å². The second kappa shape index (κ2) is 9.38. The van der Waals surface area contributed by atoms with Crippen LogP contribution in [-0.4, -0.2) is 44.5 Å². The van der Waals surface area contributed by atoms with E-state index >= 15 is 0 Å². The van der Waals surface area contributed by atoms with Crippen LogP contribution in [0.1, 0.15) is 99.9 Å². The van der Waals surface area contributed by atoms with Crippen LogP contribution in [0.25, 0.3) is 10.9 Å². The van der Waals surface area contributed by atoms with E-state index in [-0.39, 0.29) is 0 Å². The van der Waals surface area contributed by atoms with Crippen LogP contribution in [-0.2, 0) is 4.79 Å². The Kier molecular flexibility index (Phi) is 6.36. The second-order valence-corrected chi connectivity index (χ2v) is 10.3. The van der Waals surface area contributed by atoms with Crippen molar-refractivity contribution in [1.82, 2.24) is 9.47 Å². The summed E-state index contributed by atoms with van der Waals surface area (Å²) in [7, 11) is 0. The summed E-state index contributed by atoms with van der Waals surface area (Å²) in [6.45, 7) is 0. The third kappa shape index (κ3) is 4.12. The Morgan fingerprint density at radius 1 is 0.750 bits per heavy atom. The zero-order chi connectivity index (χ0) is 22.1. The van der Waals surface area contributed by atoms with Gasteiger partial charge in [0.25, 0.3) is 5.78 Å². The highest BCUT2D eigenvalue weighted by atomic mass is 16.4. The fourth-order valence-corrected chi connectivity index (χ4v) is 6.90. The van der Waals surface area contributed by atoms with E-state index in [4.69, 9.17) is 0 Å². The van der Waals surface area contributed by atoms with Crippen molar-refractivity contribution in [2.75, 3.05) is 0 Å². The molecule has 5 heteroatoms. The number of rotatable bonds is 4. The molecular formula is C27H36N2O3. The van der Waals surface area contributed by atoms with Crippen LogP contribution in [0.3, 0.4) is 0 Å². The Morgan fingerprint density at radius 3 is 1.97 bits per heavy atom. The Morgan fingerprint density at radius 2 is 1.34 bits per heavy atom. The summed E-state index contributed by atoms with van der Waals surface area (Å²) in [5, 5.41) is 10.1. The topological polar surface area (TPSA) is 62.5 Å². The number of benzene rings is 1. The lowest BCUT2D eigenvalue weighted by Gasteiger charge is -2.44. The number of carboxylic acids is 1. The molecule has 32 heavy (non-hydrogen) atoms. The van der Waals surface area contributed by atoms with Crippen molar-refractivity contribution in [3.8, 4) is 0 Å². The van der Waals surface area contributed by atoms with Gasteiger partial charge in [-0.1, -0.05) is 63.1 Å². The molecule has 2 aliphatic heterocycles. The lowest BCUT2D eigenvalue weighted by atomic mass is 9.90. The Labute approximate surface area is 190 Å². The van der Waals surface area contributed by atoms with Crippen molar-refractivity contribution < 1.29 is 14.7 Å². The molecule has 0 amide bonds. The SMILES string of the molecule is O=C(O)C(=O)c1cn(C2CC3CC[C@H](C2)N3C2CCCCCCCCC2)c2ccccc12. The number of hydrogen-bond acceptors (Lipinski definition) is 3. The molecule has 2 aromatic rings. The summed E-state index contributed by atoms with van der Waals surface area (Å²) < 4.78 is 2.22. The molecule has 0 spiro atoms. The Bertz CT molecular complexity index is 956. The number of hydrogen-bond donors (Lipinski definition) is 1. The summed E-state index contributed by atoms with van der Waals surface area (Å²) in [6.07, 6.45) is 19.0. The highest BCUT2D eigenvalue weighted by molar-refractivity contribution is 6.42. The van der Waals surface area contributed by atoms with Crippen molar-refractivity contribution in [3.63, 3.8) is 0 Å². The first-order valence-electron chi connectivity index (χ1n) is 12.8. The lowest BCUT2D eigenvalue weighted by Crippen LogP contribution is -2.49. The molecule has 5 rings (SSSR count). The molecule has 1 saturated carbocycles. The molecule has 2 unspecified atom stereocenters. The average Bonchev–Trinajstić information content (AvgIpc) is 3.31. The van der Waals surface area contributed by atoms with Crippen LogP contribution in [0, 0.1) is 0 Å². The van der Waals surface area contributed by atoms with Crippen molar-refractivity contribution in [3.05, 3.63) is 36.0 Å². The van der Waals surface area contributed by atoms with Gasteiger partial charge < -0.3 is 9.67 Å². The average molecular weight is 437 g/mol. The first-order chi connectivity index (χ1) is 15.6. The fraction of sp³-hybridized carbons (Fsp3) is 0.630. The molecule has 1 aliphatic carbocycles. The van der Waals surface area contributed by atoms with Gasteiger partial charge in [0.2, 0.25) is 0 Å². The van der Waals surface area contributed by atoms with E-state index in [1.54, 1.807) is 0 Å². The van der Waals surface area contributed by atoms with Gasteiger partial charge in [0.05, 0.1) is 5.56 Å². The van der Waals surface area contributed by atoms with Gasteiger partial charge in [-0.2, -0.15) is 0 Å². The van der Waals surface area contributed by atoms with Gasteiger partial charge in [0, 0.05) is 41.3 Å². The van der Waals surface area contributed by atoms with Crippen LogP contribution in [0.4, 0.5) is 0 Å². The number of carboxylic acid groups (broad SMARTS) is 1. The second-order valence-electron chi connectivity index (χ2n) is 10.3. The van der Waals surface area contributed by atoms with Crippen LogP contribution in [0.2, 0.25) is 0 Å². The van der Waals surface area contributed by atoms with E-state index in [0.717, 1.165) is 29.8 Å². The molecule has 5 nitrogen and oxygen atoms in total. The molecule has 0 radical (unpaired) electrons. The number of para-hydroxylation sites is 1. The van der Waals surface area contributed by atoms with Crippen LogP contribution in [0.5, 0.6) is 0 Å². The molecule has 2 bridgehead atoms. The maximum absolute atomic E-state index is 12.3. The number of carbonyl (C=O) groups is 2. The minimum Gasteiger partial charge on any atom is -0.475 e. The number of nitrogens with zero attached hydrogens (tertiary/aromatic N) is 2. The fourth-order valence-electron chi connectivity index (χ4n) is 6.90. The molecule has 1 N–H and O–H groups in total. The van der Waals surface area contributed by atoms with E-state index < -0.39 is 11.8 Å². The van der Waals surface area contributed by atoms with Gasteiger partial charge in [-0.25, -0.2) is 4.79 Å². The molecule has 172 valence electrons. The number of aromatic nitrogens is 1. The van der Waals surface area contributed by atoms with Gasteiger partial charge in [0.15, 0.2) is 0 Å². The lowest BCUT2D eigenvalue weighted by molar-refractivity contribution is -0.131. The minimum absolute atomic E-state index is 0.329. The number of ketones is 1. The normalized spacial score (nSPS) is 28.1.